The first-order valence-corrected chi connectivity index (χ1v) is 8.12. The van der Waals surface area contributed by atoms with Crippen LogP contribution in [0.25, 0.3) is 0 Å². The number of nitrogens with two attached hydrogens (primary N) is 1. The lowest BCUT2D eigenvalue weighted by Gasteiger charge is -2.42. The minimum atomic E-state index is -0.435. The van der Waals surface area contributed by atoms with Crippen LogP contribution < -0.4 is 5.73 Å². The smallest absolute Gasteiger partial charge is 0.314 e. The Labute approximate surface area is 136 Å². The van der Waals surface area contributed by atoms with E-state index >= 15 is 0 Å². The number of rotatable bonds is 4. The van der Waals surface area contributed by atoms with Gasteiger partial charge in [-0.1, -0.05) is 30.3 Å². The number of urea groups is 1. The maximum Gasteiger partial charge on any atom is 0.314 e. The second-order valence-electron chi connectivity index (χ2n) is 6.29. The summed E-state index contributed by atoms with van der Waals surface area (Å²) in [6.45, 7) is 2.95. The van der Waals surface area contributed by atoms with Crippen molar-refractivity contribution in [3.05, 3.63) is 35.9 Å². The molecule has 2 aliphatic rings. The van der Waals surface area contributed by atoms with Crippen molar-refractivity contribution in [1.82, 2.24) is 9.80 Å². The summed E-state index contributed by atoms with van der Waals surface area (Å²) in [5.74, 6) is 0.00170. The lowest BCUT2D eigenvalue weighted by molar-refractivity contribution is -0.151. The van der Waals surface area contributed by atoms with Crippen LogP contribution >= 0.6 is 0 Å². The van der Waals surface area contributed by atoms with Gasteiger partial charge in [0, 0.05) is 26.2 Å². The average Bonchev–Trinajstić information content (AvgIpc) is 2.54. The van der Waals surface area contributed by atoms with E-state index in [1.165, 1.54) is 0 Å². The summed E-state index contributed by atoms with van der Waals surface area (Å²) in [6.07, 6.45) is 1.77. The van der Waals surface area contributed by atoms with Crippen LogP contribution in [0.4, 0.5) is 4.79 Å². The zero-order chi connectivity index (χ0) is 16.2. The number of ether oxygens (including phenoxy) is 1. The fraction of sp³-hybridized carbons (Fsp3) is 0.529. The second kappa shape index (κ2) is 7.00. The Morgan fingerprint density at radius 3 is 2.57 bits per heavy atom. The lowest BCUT2D eigenvalue weighted by Crippen LogP contribution is -2.58. The largest absolute Gasteiger partial charge is 0.370 e. The number of primary amides is 1. The molecule has 23 heavy (non-hydrogen) atoms. The number of carbonyl (C=O) groups is 2. The highest BCUT2D eigenvalue weighted by Crippen LogP contribution is 2.23. The molecule has 0 radical (unpaired) electrons. The predicted octanol–water partition coefficient (Wildman–Crippen LogP) is 1.20. The zero-order valence-electron chi connectivity index (χ0n) is 13.2. The number of hydrogen-bond donors (Lipinski definition) is 1. The predicted molar refractivity (Wildman–Crippen MR) is 85.5 cm³/mol. The molecule has 0 saturated carbocycles. The van der Waals surface area contributed by atoms with Crippen LogP contribution in [0.2, 0.25) is 0 Å². The number of benzene rings is 1. The first-order chi connectivity index (χ1) is 11.1. The van der Waals surface area contributed by atoms with E-state index in [1.54, 1.807) is 4.90 Å². The SMILES string of the molecule is NC(=O)N1CCC[C@H](C(=O)N2CC(OCc3ccccc3)C2)C1. The first kappa shape index (κ1) is 15.8. The quantitative estimate of drug-likeness (QED) is 0.907. The summed E-state index contributed by atoms with van der Waals surface area (Å²) >= 11 is 0. The van der Waals surface area contributed by atoms with Gasteiger partial charge in [0.2, 0.25) is 5.91 Å². The number of amides is 3. The summed E-state index contributed by atoms with van der Waals surface area (Å²) in [6, 6.07) is 9.58. The molecule has 2 heterocycles. The van der Waals surface area contributed by atoms with Gasteiger partial charge in [-0.3, -0.25) is 4.79 Å². The van der Waals surface area contributed by atoms with Gasteiger partial charge < -0.3 is 20.3 Å². The molecule has 3 amide bonds. The summed E-state index contributed by atoms with van der Waals surface area (Å²) in [7, 11) is 0. The fourth-order valence-corrected chi connectivity index (χ4v) is 3.15. The van der Waals surface area contributed by atoms with Gasteiger partial charge >= 0.3 is 6.03 Å². The molecule has 1 aromatic carbocycles. The maximum absolute atomic E-state index is 12.5. The van der Waals surface area contributed by atoms with E-state index in [9.17, 15) is 9.59 Å². The van der Waals surface area contributed by atoms with Gasteiger partial charge in [0.15, 0.2) is 0 Å². The van der Waals surface area contributed by atoms with Gasteiger partial charge in [-0.15, -0.1) is 0 Å². The monoisotopic (exact) mass is 317 g/mol. The normalized spacial score (nSPS) is 21.8. The first-order valence-electron chi connectivity index (χ1n) is 8.12. The van der Waals surface area contributed by atoms with Gasteiger partial charge in [0.05, 0.1) is 18.6 Å². The molecule has 3 rings (SSSR count). The Morgan fingerprint density at radius 2 is 1.87 bits per heavy atom. The Balaban J connectivity index is 1.42. The van der Waals surface area contributed by atoms with Crippen LogP contribution in [-0.4, -0.2) is 54.0 Å². The summed E-state index contributed by atoms with van der Waals surface area (Å²) in [5, 5.41) is 0. The van der Waals surface area contributed by atoms with Crippen molar-refractivity contribution < 1.29 is 14.3 Å². The molecule has 2 aliphatic heterocycles. The molecule has 0 unspecified atom stereocenters. The molecule has 2 fully saturated rings. The third-order valence-corrected chi connectivity index (χ3v) is 4.57. The highest BCUT2D eigenvalue weighted by atomic mass is 16.5. The minimum Gasteiger partial charge on any atom is -0.370 e. The van der Waals surface area contributed by atoms with Crippen LogP contribution in [0.1, 0.15) is 18.4 Å². The molecule has 2 N–H and O–H groups in total. The van der Waals surface area contributed by atoms with Crippen LogP contribution in [0.5, 0.6) is 0 Å². The molecule has 6 nitrogen and oxygen atoms in total. The average molecular weight is 317 g/mol. The van der Waals surface area contributed by atoms with Gasteiger partial charge in [-0.25, -0.2) is 4.79 Å². The fourth-order valence-electron chi connectivity index (χ4n) is 3.15. The molecule has 1 atom stereocenters. The summed E-state index contributed by atoms with van der Waals surface area (Å²) in [5.41, 5.74) is 6.45. The van der Waals surface area contributed by atoms with E-state index in [2.05, 4.69) is 0 Å². The number of piperidine rings is 1. The Hall–Kier alpha value is -2.08. The van der Waals surface area contributed by atoms with Crippen molar-refractivity contribution in [2.75, 3.05) is 26.2 Å². The van der Waals surface area contributed by atoms with E-state index in [-0.39, 0.29) is 17.9 Å². The van der Waals surface area contributed by atoms with Gasteiger partial charge in [0.1, 0.15) is 0 Å². The topological polar surface area (TPSA) is 75.9 Å². The Morgan fingerprint density at radius 1 is 1.13 bits per heavy atom. The molecule has 0 spiro atoms. The molecule has 1 aromatic rings. The van der Waals surface area contributed by atoms with Crippen molar-refractivity contribution >= 4 is 11.9 Å². The minimum absolute atomic E-state index is 0.106. The molecule has 2 saturated heterocycles. The summed E-state index contributed by atoms with van der Waals surface area (Å²) < 4.78 is 5.81. The molecular formula is C17H23N3O3. The number of hydrogen-bond acceptors (Lipinski definition) is 3. The standard InChI is InChI=1S/C17H23N3O3/c18-17(22)19-8-4-7-14(9-19)16(21)20-10-15(11-20)23-12-13-5-2-1-3-6-13/h1-3,5-6,14-15H,4,7-12H2,(H2,18,22)/t14-/m0/s1. The Kier molecular flexibility index (Phi) is 4.81. The van der Waals surface area contributed by atoms with E-state index in [4.69, 9.17) is 10.5 Å². The van der Waals surface area contributed by atoms with E-state index < -0.39 is 6.03 Å². The van der Waals surface area contributed by atoms with Crippen molar-refractivity contribution in [2.24, 2.45) is 11.7 Å². The third-order valence-electron chi connectivity index (χ3n) is 4.57. The highest BCUT2D eigenvalue weighted by Gasteiger charge is 2.37. The molecule has 0 bridgehead atoms. The van der Waals surface area contributed by atoms with Crippen molar-refractivity contribution in [3.8, 4) is 0 Å². The molecular weight excluding hydrogens is 294 g/mol. The zero-order valence-corrected chi connectivity index (χ0v) is 13.2. The summed E-state index contributed by atoms with van der Waals surface area (Å²) in [4.78, 5) is 27.1. The number of carbonyl (C=O) groups excluding carboxylic acids is 2. The van der Waals surface area contributed by atoms with Gasteiger partial charge in [0.25, 0.3) is 0 Å². The molecule has 6 heteroatoms. The molecule has 0 aliphatic carbocycles. The number of likely N-dealkylation sites (tertiary alicyclic amines) is 2. The van der Waals surface area contributed by atoms with E-state index in [0.29, 0.717) is 32.8 Å². The molecule has 0 aromatic heterocycles. The van der Waals surface area contributed by atoms with Crippen LogP contribution in [0.3, 0.4) is 0 Å². The van der Waals surface area contributed by atoms with Crippen molar-refractivity contribution in [1.29, 1.82) is 0 Å². The van der Waals surface area contributed by atoms with Crippen molar-refractivity contribution in [3.63, 3.8) is 0 Å². The maximum atomic E-state index is 12.5. The Bertz CT molecular complexity index is 557. The molecule has 124 valence electrons. The van der Waals surface area contributed by atoms with Crippen LogP contribution in [0, 0.1) is 5.92 Å². The number of nitrogens with zero attached hydrogens (tertiary/aromatic N) is 2. The van der Waals surface area contributed by atoms with E-state index in [0.717, 1.165) is 18.4 Å². The van der Waals surface area contributed by atoms with Gasteiger partial charge in [-0.2, -0.15) is 0 Å². The lowest BCUT2D eigenvalue weighted by atomic mass is 9.95. The highest BCUT2D eigenvalue weighted by molar-refractivity contribution is 5.81. The van der Waals surface area contributed by atoms with Crippen LogP contribution in [-0.2, 0) is 16.1 Å². The van der Waals surface area contributed by atoms with Gasteiger partial charge in [-0.05, 0) is 18.4 Å². The third kappa shape index (κ3) is 3.82. The van der Waals surface area contributed by atoms with Crippen molar-refractivity contribution in [2.45, 2.75) is 25.6 Å². The van der Waals surface area contributed by atoms with Crippen LogP contribution in [0.15, 0.2) is 30.3 Å². The van der Waals surface area contributed by atoms with E-state index in [1.807, 2.05) is 35.2 Å². The second-order valence-corrected chi connectivity index (χ2v) is 6.29.